The van der Waals surface area contributed by atoms with E-state index in [4.69, 9.17) is 4.98 Å². The fourth-order valence-corrected chi connectivity index (χ4v) is 5.41. The summed E-state index contributed by atoms with van der Waals surface area (Å²) in [7, 11) is 3.84. The molecule has 8 heteroatoms. The van der Waals surface area contributed by atoms with E-state index >= 15 is 0 Å². The van der Waals surface area contributed by atoms with Crippen LogP contribution in [0, 0.1) is 30.6 Å². The predicted molar refractivity (Wildman–Crippen MR) is 163 cm³/mol. The number of aryl methyl sites for hydroxylation is 3. The Morgan fingerprint density at radius 3 is 2.37 bits per heavy atom. The minimum absolute atomic E-state index is 0.0520. The zero-order valence-corrected chi connectivity index (χ0v) is 24.9. The van der Waals surface area contributed by atoms with Crippen molar-refractivity contribution in [3.8, 4) is 23.0 Å². The number of nitriles is 1. The number of rotatable bonds is 7. The predicted octanol–water partition coefficient (Wildman–Crippen LogP) is 5.75. The van der Waals surface area contributed by atoms with Crippen molar-refractivity contribution < 1.29 is 0 Å². The molecule has 5 aromatic rings. The van der Waals surface area contributed by atoms with Gasteiger partial charge in [-0.15, -0.1) is 0 Å². The van der Waals surface area contributed by atoms with Crippen LogP contribution in [0.15, 0.2) is 65.5 Å². The van der Waals surface area contributed by atoms with Gasteiger partial charge in [0, 0.05) is 37.9 Å². The van der Waals surface area contributed by atoms with Crippen LogP contribution in [0.5, 0.6) is 0 Å². The molecular weight excluding hydrogens is 510 g/mol. The van der Waals surface area contributed by atoms with E-state index in [1.54, 1.807) is 16.2 Å². The Labute approximate surface area is 241 Å². The van der Waals surface area contributed by atoms with Crippen LogP contribution in [0.1, 0.15) is 48.8 Å². The summed E-state index contributed by atoms with van der Waals surface area (Å²) in [5.41, 5.74) is 8.71. The first-order valence-electron chi connectivity index (χ1n) is 13.8. The molecule has 8 nitrogen and oxygen atoms in total. The summed E-state index contributed by atoms with van der Waals surface area (Å²) in [6, 6.07) is 22.6. The van der Waals surface area contributed by atoms with Crippen molar-refractivity contribution in [2.45, 2.75) is 54.3 Å². The van der Waals surface area contributed by atoms with Crippen molar-refractivity contribution in [2.75, 3.05) is 7.05 Å². The van der Waals surface area contributed by atoms with Gasteiger partial charge < -0.3 is 0 Å². The highest BCUT2D eigenvalue weighted by Crippen LogP contribution is 2.27. The van der Waals surface area contributed by atoms with Crippen molar-refractivity contribution in [1.29, 1.82) is 5.26 Å². The minimum Gasteiger partial charge on any atom is -0.298 e. The summed E-state index contributed by atoms with van der Waals surface area (Å²) < 4.78 is 5.35. The van der Waals surface area contributed by atoms with Gasteiger partial charge in [0.15, 0.2) is 5.65 Å². The third-order valence-electron chi connectivity index (χ3n) is 7.16. The third-order valence-corrected chi connectivity index (χ3v) is 7.16. The Morgan fingerprint density at radius 2 is 1.71 bits per heavy atom. The molecule has 41 heavy (non-hydrogen) atoms. The zero-order chi connectivity index (χ0) is 29.5. The number of aromatic nitrogens is 5. The lowest BCUT2D eigenvalue weighted by Crippen LogP contribution is -2.27. The third kappa shape index (κ3) is 5.86. The van der Waals surface area contributed by atoms with Gasteiger partial charge in [0.05, 0.1) is 34.2 Å². The molecule has 0 fully saturated rings. The Hall–Kier alpha value is -4.48. The van der Waals surface area contributed by atoms with E-state index in [2.05, 4.69) is 81.1 Å². The van der Waals surface area contributed by atoms with Gasteiger partial charge in [0.1, 0.15) is 0 Å². The fraction of sp³-hybridized carbons (Fsp3) is 0.333. The number of nitrogens with zero attached hydrogens (tertiary/aromatic N) is 7. The number of imidazole rings is 1. The van der Waals surface area contributed by atoms with E-state index in [9.17, 15) is 10.1 Å². The second-order valence-corrected chi connectivity index (χ2v) is 12.2. The maximum atomic E-state index is 13.0. The Morgan fingerprint density at radius 1 is 0.976 bits per heavy atom. The topological polar surface area (TPSA) is 84.7 Å². The summed E-state index contributed by atoms with van der Waals surface area (Å²) in [5, 5.41) is 14.5. The average molecular weight is 548 g/mol. The molecule has 0 N–H and O–H groups in total. The molecule has 0 atom stereocenters. The first-order chi connectivity index (χ1) is 19.4. The monoisotopic (exact) mass is 547 g/mol. The van der Waals surface area contributed by atoms with Crippen LogP contribution < -0.4 is 5.69 Å². The molecule has 0 spiro atoms. The lowest BCUT2D eigenvalue weighted by atomic mass is 9.97. The van der Waals surface area contributed by atoms with Gasteiger partial charge in [-0.3, -0.25) is 14.0 Å². The van der Waals surface area contributed by atoms with Crippen LogP contribution in [0.2, 0.25) is 0 Å². The number of benzene rings is 2. The molecule has 0 aliphatic rings. The van der Waals surface area contributed by atoms with Gasteiger partial charge in [-0.1, -0.05) is 39.0 Å². The summed E-state index contributed by atoms with van der Waals surface area (Å²) in [5.74, 6) is 0. The van der Waals surface area contributed by atoms with Crippen molar-refractivity contribution in [2.24, 2.45) is 12.5 Å². The van der Waals surface area contributed by atoms with Crippen LogP contribution in [-0.4, -0.2) is 35.8 Å². The molecular formula is C33H37N7O. The molecule has 0 bridgehead atoms. The van der Waals surface area contributed by atoms with Crippen molar-refractivity contribution >= 4 is 11.2 Å². The van der Waals surface area contributed by atoms with E-state index in [-0.39, 0.29) is 11.1 Å². The number of hydrogen-bond acceptors (Lipinski definition) is 5. The summed E-state index contributed by atoms with van der Waals surface area (Å²) in [4.78, 5) is 20.1. The molecule has 3 aromatic heterocycles. The molecule has 0 radical (unpaired) electrons. The van der Waals surface area contributed by atoms with Crippen molar-refractivity contribution in [3.05, 3.63) is 99.2 Å². The Bertz CT molecular complexity index is 1840. The van der Waals surface area contributed by atoms with Gasteiger partial charge >= 0.3 is 5.69 Å². The largest absolute Gasteiger partial charge is 0.330 e. The average Bonchev–Trinajstić information content (AvgIpc) is 3.38. The second kappa shape index (κ2) is 10.8. The number of fused-ring (bicyclic) bond motifs is 1. The molecule has 2 aromatic carbocycles. The van der Waals surface area contributed by atoms with E-state index in [0.29, 0.717) is 30.0 Å². The van der Waals surface area contributed by atoms with Gasteiger partial charge in [0.2, 0.25) is 0 Å². The Kier molecular flexibility index (Phi) is 7.41. The summed E-state index contributed by atoms with van der Waals surface area (Å²) in [6.07, 6.45) is 0. The molecule has 0 unspecified atom stereocenters. The normalized spacial score (nSPS) is 11.9. The maximum absolute atomic E-state index is 13.0. The summed E-state index contributed by atoms with van der Waals surface area (Å²) in [6.45, 7) is 12.5. The van der Waals surface area contributed by atoms with Crippen LogP contribution in [0.4, 0.5) is 0 Å². The quantitative estimate of drug-likeness (QED) is 0.259. The van der Waals surface area contributed by atoms with Gasteiger partial charge in [-0.25, -0.2) is 14.5 Å². The molecule has 0 aliphatic heterocycles. The lowest BCUT2D eigenvalue weighted by molar-refractivity contribution is 0.319. The molecule has 0 aliphatic carbocycles. The standard InChI is InChI=1S/C33H37N7O/c1-22-15-23(2)40(36-22)27-10-8-9-24(16-27)19-37(6)20-25-11-12-26(18-34)28(17-25)29-13-14-30-31(35-29)38(7)32(41)39(30)21-33(3,4)5/h8-17H,19-21H2,1-7H3. The summed E-state index contributed by atoms with van der Waals surface area (Å²) >= 11 is 0. The minimum atomic E-state index is -0.0858. The smallest absolute Gasteiger partial charge is 0.298 e. The van der Waals surface area contributed by atoms with E-state index < -0.39 is 0 Å². The molecule has 210 valence electrons. The molecule has 0 saturated heterocycles. The molecule has 0 amide bonds. The van der Waals surface area contributed by atoms with Gasteiger partial charge in [-0.05, 0) is 79.9 Å². The number of pyridine rings is 1. The molecule has 5 rings (SSSR count). The van der Waals surface area contributed by atoms with Crippen molar-refractivity contribution in [3.63, 3.8) is 0 Å². The van der Waals surface area contributed by atoms with E-state index in [0.717, 1.165) is 40.3 Å². The first kappa shape index (κ1) is 28.1. The van der Waals surface area contributed by atoms with Gasteiger partial charge in [-0.2, -0.15) is 10.4 Å². The zero-order valence-electron chi connectivity index (χ0n) is 24.9. The maximum Gasteiger partial charge on any atom is 0.330 e. The highest BCUT2D eigenvalue weighted by atomic mass is 16.1. The molecule has 3 heterocycles. The molecule has 0 saturated carbocycles. The van der Waals surface area contributed by atoms with Crippen LogP contribution in [0.25, 0.3) is 28.1 Å². The highest BCUT2D eigenvalue weighted by molar-refractivity contribution is 5.78. The highest BCUT2D eigenvalue weighted by Gasteiger charge is 2.19. The lowest BCUT2D eigenvalue weighted by Gasteiger charge is -2.19. The van der Waals surface area contributed by atoms with Crippen LogP contribution in [0.3, 0.4) is 0 Å². The Balaban J connectivity index is 1.41. The van der Waals surface area contributed by atoms with E-state index in [1.807, 2.05) is 41.9 Å². The van der Waals surface area contributed by atoms with Crippen LogP contribution in [-0.2, 0) is 26.7 Å². The van der Waals surface area contributed by atoms with Crippen molar-refractivity contribution in [1.82, 2.24) is 28.8 Å². The van der Waals surface area contributed by atoms with E-state index in [1.165, 1.54) is 5.56 Å². The number of hydrogen-bond donors (Lipinski definition) is 0. The fourth-order valence-electron chi connectivity index (χ4n) is 5.41. The first-order valence-corrected chi connectivity index (χ1v) is 13.8. The van der Waals surface area contributed by atoms with Gasteiger partial charge in [0.25, 0.3) is 0 Å². The SMILES string of the molecule is Cc1cc(C)n(-c2cccc(CN(C)Cc3ccc(C#N)c(-c4ccc5c(n4)n(C)c(=O)n5CC(C)(C)C)c3)c2)n1. The van der Waals surface area contributed by atoms with Crippen LogP contribution >= 0.6 is 0 Å². The second-order valence-electron chi connectivity index (χ2n) is 12.2.